The van der Waals surface area contributed by atoms with Crippen molar-refractivity contribution in [2.24, 2.45) is 0 Å². The molecular weight excluding hydrogens is 313 g/mol. The molecule has 0 spiro atoms. The third kappa shape index (κ3) is 2.31. The molecule has 0 rings (SSSR count). The highest BCUT2D eigenvalue weighted by Gasteiger charge is 2.85. The second kappa shape index (κ2) is 4.90. The second-order valence-corrected chi connectivity index (χ2v) is 2.92. The number of alkyl halides is 7. The van der Waals surface area contributed by atoms with Gasteiger partial charge in [-0.1, -0.05) is 17.9 Å². The minimum Gasteiger partial charge on any atom is -0.338 e. The maximum Gasteiger partial charge on any atom is 0.460 e. The second-order valence-electron chi connectivity index (χ2n) is 2.92. The number of hydrogen-bond donors (Lipinski definition) is 0. The van der Waals surface area contributed by atoms with Gasteiger partial charge in [-0.05, 0) is 0 Å². The molecule has 0 aromatic heterocycles. The van der Waals surface area contributed by atoms with Gasteiger partial charge in [-0.2, -0.15) is 30.7 Å². The fraction of sp³-hybridized carbons (Fsp3) is 1.00. The summed E-state index contributed by atoms with van der Waals surface area (Å²) >= 11 is 0. The van der Waals surface area contributed by atoms with E-state index >= 15 is 0 Å². The first-order chi connectivity index (χ1) is 8.20. The standard InChI is InChI=1S/C5H3F11N2O/c1-19-5(17(13)14,18(15)16)3(8,9)2(6,7)4(10,11)12/h1H3. The van der Waals surface area contributed by atoms with Gasteiger partial charge >= 0.3 is 23.9 Å². The molecule has 0 unspecified atom stereocenters. The molecule has 0 bridgehead atoms. The Morgan fingerprint density at radius 3 is 1.16 bits per heavy atom. The van der Waals surface area contributed by atoms with Crippen LogP contribution in [0.15, 0.2) is 0 Å². The van der Waals surface area contributed by atoms with Crippen molar-refractivity contribution < 1.29 is 53.4 Å². The molecule has 0 heterocycles. The average Bonchev–Trinajstić information content (AvgIpc) is 2.15. The van der Waals surface area contributed by atoms with Gasteiger partial charge in [0.05, 0.1) is 10.7 Å². The molecule has 0 aromatic rings. The van der Waals surface area contributed by atoms with Crippen LogP contribution in [-0.4, -0.2) is 41.7 Å². The minimum atomic E-state index is -7.22. The lowest BCUT2D eigenvalue weighted by Crippen LogP contribution is -2.72. The molecule has 0 aliphatic heterocycles. The van der Waals surface area contributed by atoms with Crippen molar-refractivity contribution in [1.82, 2.24) is 10.7 Å². The smallest absolute Gasteiger partial charge is 0.338 e. The van der Waals surface area contributed by atoms with Crippen LogP contribution in [0.3, 0.4) is 0 Å². The van der Waals surface area contributed by atoms with Crippen molar-refractivity contribution in [3.63, 3.8) is 0 Å². The maximum atomic E-state index is 12.9. The van der Waals surface area contributed by atoms with E-state index in [1.54, 1.807) is 0 Å². The van der Waals surface area contributed by atoms with Gasteiger partial charge in [0.1, 0.15) is 0 Å². The van der Waals surface area contributed by atoms with E-state index in [9.17, 15) is 48.7 Å². The first-order valence-electron chi connectivity index (χ1n) is 3.81. The van der Waals surface area contributed by atoms with Crippen molar-refractivity contribution in [2.75, 3.05) is 7.11 Å². The van der Waals surface area contributed by atoms with Gasteiger partial charge in [-0.15, -0.1) is 0 Å². The van der Waals surface area contributed by atoms with Gasteiger partial charge in [-0.3, -0.25) is 0 Å². The zero-order valence-electron chi connectivity index (χ0n) is 8.46. The van der Waals surface area contributed by atoms with Crippen LogP contribution in [0.4, 0.5) is 48.7 Å². The van der Waals surface area contributed by atoms with E-state index in [4.69, 9.17) is 0 Å². The van der Waals surface area contributed by atoms with Gasteiger partial charge < -0.3 is 4.74 Å². The Kier molecular flexibility index (Phi) is 4.67. The van der Waals surface area contributed by atoms with Crippen LogP contribution >= 0.6 is 0 Å². The maximum absolute atomic E-state index is 12.9. The molecule has 0 aromatic carbocycles. The first kappa shape index (κ1) is 18.1. The molecule has 0 atom stereocenters. The van der Waals surface area contributed by atoms with Crippen LogP contribution in [0.2, 0.25) is 0 Å². The highest BCUT2D eigenvalue weighted by Crippen LogP contribution is 2.54. The fourth-order valence-corrected chi connectivity index (χ4v) is 0.918. The molecule has 0 N–H and O–H groups in total. The lowest BCUT2D eigenvalue weighted by atomic mass is 10.1. The molecule has 14 heteroatoms. The van der Waals surface area contributed by atoms with E-state index in [2.05, 4.69) is 4.74 Å². The SMILES string of the molecule is COC(N(F)F)(N(F)F)C(F)(F)C(F)(F)C(F)(F)F. The number of hydrogen-bond acceptors (Lipinski definition) is 3. The van der Waals surface area contributed by atoms with Crippen LogP contribution < -0.4 is 0 Å². The third-order valence-corrected chi connectivity index (χ3v) is 1.90. The van der Waals surface area contributed by atoms with Gasteiger partial charge in [-0.25, -0.2) is 0 Å². The summed E-state index contributed by atoms with van der Waals surface area (Å²) in [7, 11) is -0.335. The Labute approximate surface area is 96.4 Å². The molecule has 0 aliphatic carbocycles. The van der Waals surface area contributed by atoms with Crippen molar-refractivity contribution in [3.05, 3.63) is 0 Å². The average molecular weight is 316 g/mol. The molecule has 0 saturated carbocycles. The molecular formula is C5H3F11N2O. The number of methoxy groups -OCH3 is 1. The van der Waals surface area contributed by atoms with Crippen molar-refractivity contribution in [1.29, 1.82) is 0 Å². The summed E-state index contributed by atoms with van der Waals surface area (Å²) in [6.07, 6.45) is -7.08. The molecule has 3 nitrogen and oxygen atoms in total. The molecule has 19 heavy (non-hydrogen) atoms. The van der Waals surface area contributed by atoms with Crippen LogP contribution in [0.5, 0.6) is 0 Å². The Bertz CT molecular complexity index is 305. The first-order valence-corrected chi connectivity index (χ1v) is 3.81. The quantitative estimate of drug-likeness (QED) is 0.440. The zero-order valence-corrected chi connectivity index (χ0v) is 8.46. The molecule has 116 valence electrons. The summed E-state index contributed by atoms with van der Waals surface area (Å²) in [5.41, 5.74) is 0. The summed E-state index contributed by atoms with van der Waals surface area (Å²) in [5, 5.41) is -6.60. The summed E-state index contributed by atoms with van der Waals surface area (Å²) < 4.78 is 137. The predicted octanol–water partition coefficient (Wildman–Crippen LogP) is 3.26. The highest BCUT2D eigenvalue weighted by atomic mass is 19.4. The number of halogens is 11. The zero-order chi connectivity index (χ0) is 15.9. The Morgan fingerprint density at radius 2 is 1.00 bits per heavy atom. The number of rotatable bonds is 5. The van der Waals surface area contributed by atoms with E-state index in [0.29, 0.717) is 0 Å². The summed E-state index contributed by atoms with van der Waals surface area (Å²) in [4.78, 5) is 0. The Morgan fingerprint density at radius 1 is 0.684 bits per heavy atom. The van der Waals surface area contributed by atoms with Crippen molar-refractivity contribution in [2.45, 2.75) is 23.9 Å². The van der Waals surface area contributed by atoms with Gasteiger partial charge in [0.15, 0.2) is 0 Å². The third-order valence-electron chi connectivity index (χ3n) is 1.90. The van der Waals surface area contributed by atoms with E-state index in [-0.39, 0.29) is 7.11 Å². The molecule has 0 amide bonds. The largest absolute Gasteiger partial charge is 0.460 e. The van der Waals surface area contributed by atoms with E-state index < -0.39 is 34.6 Å². The summed E-state index contributed by atoms with van der Waals surface area (Å²) in [5.74, 6) is -20.2. The van der Waals surface area contributed by atoms with E-state index in [1.807, 2.05) is 0 Å². The van der Waals surface area contributed by atoms with Crippen molar-refractivity contribution in [3.8, 4) is 0 Å². The summed E-state index contributed by atoms with van der Waals surface area (Å²) in [6.45, 7) is 0. The fourth-order valence-electron chi connectivity index (χ4n) is 0.918. The van der Waals surface area contributed by atoms with Crippen LogP contribution in [-0.2, 0) is 4.74 Å². The van der Waals surface area contributed by atoms with Gasteiger partial charge in [0.25, 0.3) is 0 Å². The van der Waals surface area contributed by atoms with E-state index in [0.717, 1.165) is 0 Å². The normalized spacial score (nSPS) is 15.5. The monoisotopic (exact) mass is 316 g/mol. The topological polar surface area (TPSA) is 15.7 Å². The van der Waals surface area contributed by atoms with Crippen molar-refractivity contribution >= 4 is 0 Å². The van der Waals surface area contributed by atoms with Gasteiger partial charge in [0, 0.05) is 7.11 Å². The predicted molar refractivity (Wildman–Crippen MR) is 33.8 cm³/mol. The Balaban J connectivity index is 6.09. The molecule has 0 aliphatic rings. The molecule has 0 saturated heterocycles. The lowest BCUT2D eigenvalue weighted by molar-refractivity contribution is -0.531. The Hall–Kier alpha value is -0.890. The van der Waals surface area contributed by atoms with Crippen LogP contribution in [0.25, 0.3) is 0 Å². The number of nitrogens with zero attached hydrogens (tertiary/aromatic N) is 2. The molecule has 0 fully saturated rings. The van der Waals surface area contributed by atoms with Crippen LogP contribution in [0, 0.1) is 0 Å². The number of ether oxygens (including phenoxy) is 1. The summed E-state index contributed by atoms with van der Waals surface area (Å²) in [6, 6.07) is 0. The lowest BCUT2D eigenvalue weighted by Gasteiger charge is -2.40. The highest BCUT2D eigenvalue weighted by molar-refractivity contribution is 5.00. The molecule has 0 radical (unpaired) electrons. The van der Waals surface area contributed by atoms with Crippen LogP contribution in [0.1, 0.15) is 0 Å². The van der Waals surface area contributed by atoms with E-state index in [1.165, 1.54) is 0 Å². The minimum absolute atomic E-state index is 0.335. The van der Waals surface area contributed by atoms with Gasteiger partial charge in [0.2, 0.25) is 0 Å².